The molecule has 0 amide bonds. The summed E-state index contributed by atoms with van der Waals surface area (Å²) in [6.45, 7) is 10.3. The monoisotopic (exact) mass is 416 g/mol. The van der Waals surface area contributed by atoms with Crippen molar-refractivity contribution in [3.63, 3.8) is 0 Å². The lowest BCUT2D eigenvalue weighted by Gasteiger charge is -2.17. The highest BCUT2D eigenvalue weighted by Gasteiger charge is 2.19. The topological polar surface area (TPSA) is 47.3 Å². The summed E-state index contributed by atoms with van der Waals surface area (Å²) >= 11 is 3.53. The van der Waals surface area contributed by atoms with Gasteiger partial charge in [0.25, 0.3) is 0 Å². The van der Waals surface area contributed by atoms with E-state index in [2.05, 4.69) is 51.6 Å². The third kappa shape index (κ3) is 3.38. The molecule has 0 saturated carbocycles. The second-order valence-electron chi connectivity index (χ2n) is 6.90. The SMILES string of the molecule is CCC(CO)n1cc(C)c2c(Oc3c(C)cc(Br)cc3C)nc(C)cc21. The van der Waals surface area contributed by atoms with Crippen molar-refractivity contribution in [2.75, 3.05) is 6.61 Å². The van der Waals surface area contributed by atoms with Crippen LogP contribution in [-0.2, 0) is 0 Å². The third-order valence-electron chi connectivity index (χ3n) is 4.80. The van der Waals surface area contributed by atoms with Crippen LogP contribution in [0.2, 0.25) is 0 Å². The van der Waals surface area contributed by atoms with Gasteiger partial charge in [0.05, 0.1) is 23.6 Å². The fourth-order valence-electron chi connectivity index (χ4n) is 3.49. The smallest absolute Gasteiger partial charge is 0.229 e. The summed E-state index contributed by atoms with van der Waals surface area (Å²) in [5.74, 6) is 1.46. The number of halogens is 1. The highest BCUT2D eigenvalue weighted by Crippen LogP contribution is 2.37. The van der Waals surface area contributed by atoms with Gasteiger partial charge in [-0.25, -0.2) is 4.98 Å². The molecule has 2 aromatic heterocycles. The molecule has 0 aliphatic rings. The van der Waals surface area contributed by atoms with E-state index < -0.39 is 0 Å². The van der Waals surface area contributed by atoms with Crippen LogP contribution in [0, 0.1) is 27.7 Å². The molecule has 0 saturated heterocycles. The number of aromatic nitrogens is 2. The minimum absolute atomic E-state index is 0.0528. The van der Waals surface area contributed by atoms with Gasteiger partial charge in [-0.15, -0.1) is 0 Å². The molecule has 1 atom stereocenters. The van der Waals surface area contributed by atoms with E-state index >= 15 is 0 Å². The Morgan fingerprint density at radius 1 is 1.12 bits per heavy atom. The molecule has 0 spiro atoms. The lowest BCUT2D eigenvalue weighted by Crippen LogP contribution is -2.11. The van der Waals surface area contributed by atoms with Crippen LogP contribution in [0.25, 0.3) is 10.9 Å². The zero-order chi connectivity index (χ0) is 19.0. The quantitative estimate of drug-likeness (QED) is 0.574. The number of pyridine rings is 1. The summed E-state index contributed by atoms with van der Waals surface area (Å²) in [7, 11) is 0. The van der Waals surface area contributed by atoms with Crippen LogP contribution in [-0.4, -0.2) is 21.3 Å². The van der Waals surface area contributed by atoms with Gasteiger partial charge in [-0.2, -0.15) is 0 Å². The molecule has 1 aromatic carbocycles. The van der Waals surface area contributed by atoms with Crippen molar-refractivity contribution in [3.05, 3.63) is 51.3 Å². The van der Waals surface area contributed by atoms with Crippen molar-refractivity contribution in [2.24, 2.45) is 0 Å². The summed E-state index contributed by atoms with van der Waals surface area (Å²) in [4.78, 5) is 4.68. The summed E-state index contributed by atoms with van der Waals surface area (Å²) < 4.78 is 9.51. The Bertz CT molecular complexity index is 935. The van der Waals surface area contributed by atoms with Crippen LogP contribution in [0.4, 0.5) is 0 Å². The van der Waals surface area contributed by atoms with Crippen LogP contribution >= 0.6 is 15.9 Å². The largest absolute Gasteiger partial charge is 0.438 e. The van der Waals surface area contributed by atoms with E-state index in [4.69, 9.17) is 4.74 Å². The predicted octanol–water partition coefficient (Wildman–Crippen LogP) is 5.77. The number of aliphatic hydroxyl groups is 1. The van der Waals surface area contributed by atoms with Crippen molar-refractivity contribution < 1.29 is 9.84 Å². The van der Waals surface area contributed by atoms with Crippen LogP contribution in [0.5, 0.6) is 11.6 Å². The zero-order valence-corrected chi connectivity index (χ0v) is 17.5. The average Bonchev–Trinajstić information content (AvgIpc) is 2.88. The van der Waals surface area contributed by atoms with Crippen molar-refractivity contribution in [1.82, 2.24) is 9.55 Å². The van der Waals surface area contributed by atoms with Gasteiger partial charge < -0.3 is 14.4 Å². The molecule has 0 radical (unpaired) electrons. The van der Waals surface area contributed by atoms with Crippen LogP contribution in [0.3, 0.4) is 0 Å². The maximum absolute atomic E-state index is 9.75. The van der Waals surface area contributed by atoms with E-state index in [9.17, 15) is 5.11 Å². The summed E-state index contributed by atoms with van der Waals surface area (Å²) in [5.41, 5.74) is 5.17. The molecule has 3 aromatic rings. The van der Waals surface area contributed by atoms with Crippen LogP contribution in [0.15, 0.2) is 28.9 Å². The standard InChI is InChI=1S/C21H25BrN2O2/c1-6-17(11-25)24-10-14(4)19-18(24)9-15(5)23-21(19)26-20-12(2)7-16(22)8-13(20)3/h7-10,17,25H,6,11H2,1-5H3. The van der Waals surface area contributed by atoms with E-state index in [-0.39, 0.29) is 12.6 Å². The van der Waals surface area contributed by atoms with E-state index in [1.807, 2.05) is 32.9 Å². The average molecular weight is 417 g/mol. The molecule has 1 unspecified atom stereocenters. The number of nitrogens with zero attached hydrogens (tertiary/aromatic N) is 2. The Balaban J connectivity index is 2.19. The second-order valence-corrected chi connectivity index (χ2v) is 7.81. The van der Waals surface area contributed by atoms with Gasteiger partial charge in [0.2, 0.25) is 5.88 Å². The molecule has 0 fully saturated rings. The minimum atomic E-state index is 0.0528. The normalized spacial score (nSPS) is 12.6. The number of hydrogen-bond acceptors (Lipinski definition) is 3. The van der Waals surface area contributed by atoms with Gasteiger partial charge in [0.15, 0.2) is 0 Å². The van der Waals surface area contributed by atoms with Gasteiger partial charge in [-0.05, 0) is 69.0 Å². The molecule has 3 rings (SSSR count). The Labute approximate surface area is 163 Å². The molecular weight excluding hydrogens is 392 g/mol. The molecule has 1 N–H and O–H groups in total. The third-order valence-corrected chi connectivity index (χ3v) is 5.26. The molecular formula is C21H25BrN2O2. The van der Waals surface area contributed by atoms with Crippen molar-refractivity contribution in [1.29, 1.82) is 0 Å². The number of hydrogen-bond donors (Lipinski definition) is 1. The lowest BCUT2D eigenvalue weighted by molar-refractivity contribution is 0.227. The number of rotatable bonds is 5. The van der Waals surface area contributed by atoms with Crippen LogP contribution in [0.1, 0.15) is 41.8 Å². The summed E-state index contributed by atoms with van der Waals surface area (Å²) in [6, 6.07) is 6.21. The van der Waals surface area contributed by atoms with Gasteiger partial charge in [-0.1, -0.05) is 22.9 Å². The Morgan fingerprint density at radius 3 is 2.35 bits per heavy atom. The molecule has 5 heteroatoms. The van der Waals surface area contributed by atoms with E-state index in [0.717, 1.165) is 49.9 Å². The van der Waals surface area contributed by atoms with E-state index in [0.29, 0.717) is 5.88 Å². The zero-order valence-electron chi connectivity index (χ0n) is 15.9. The molecule has 4 nitrogen and oxygen atoms in total. The molecule has 0 aliphatic carbocycles. The highest BCUT2D eigenvalue weighted by molar-refractivity contribution is 9.10. The Morgan fingerprint density at radius 2 is 1.77 bits per heavy atom. The van der Waals surface area contributed by atoms with Gasteiger partial charge in [-0.3, -0.25) is 0 Å². The number of aryl methyl sites for hydroxylation is 4. The fraction of sp³-hybridized carbons (Fsp3) is 0.381. The van der Waals surface area contributed by atoms with Crippen molar-refractivity contribution in [2.45, 2.75) is 47.1 Å². The molecule has 0 bridgehead atoms. The highest BCUT2D eigenvalue weighted by atomic mass is 79.9. The Kier molecular flexibility index (Phi) is 5.39. The van der Waals surface area contributed by atoms with Gasteiger partial charge in [0.1, 0.15) is 5.75 Å². The van der Waals surface area contributed by atoms with Crippen LogP contribution < -0.4 is 4.74 Å². The number of benzene rings is 1. The fourth-order valence-corrected chi connectivity index (χ4v) is 4.18. The van der Waals surface area contributed by atoms with E-state index in [1.165, 1.54) is 0 Å². The molecule has 26 heavy (non-hydrogen) atoms. The van der Waals surface area contributed by atoms with Gasteiger partial charge in [0, 0.05) is 16.4 Å². The van der Waals surface area contributed by atoms with Crippen molar-refractivity contribution in [3.8, 4) is 11.6 Å². The first kappa shape index (κ1) is 18.9. The lowest BCUT2D eigenvalue weighted by atomic mass is 10.1. The molecule has 2 heterocycles. The maximum atomic E-state index is 9.75. The summed E-state index contributed by atoms with van der Waals surface area (Å²) in [5, 5.41) is 10.8. The maximum Gasteiger partial charge on any atom is 0.229 e. The second kappa shape index (κ2) is 7.41. The molecule has 0 aliphatic heterocycles. The Hall–Kier alpha value is -1.85. The molecule has 138 valence electrons. The van der Waals surface area contributed by atoms with Crippen molar-refractivity contribution >= 4 is 26.8 Å². The number of aliphatic hydroxyl groups excluding tert-OH is 1. The predicted molar refractivity (Wildman–Crippen MR) is 109 cm³/mol. The first-order valence-electron chi connectivity index (χ1n) is 8.90. The first-order chi connectivity index (χ1) is 12.3. The number of fused-ring (bicyclic) bond motifs is 1. The summed E-state index contributed by atoms with van der Waals surface area (Å²) in [6.07, 6.45) is 2.95. The van der Waals surface area contributed by atoms with E-state index in [1.54, 1.807) is 0 Å². The first-order valence-corrected chi connectivity index (χ1v) is 9.69. The van der Waals surface area contributed by atoms with Gasteiger partial charge >= 0.3 is 0 Å². The minimum Gasteiger partial charge on any atom is -0.438 e. The number of ether oxygens (including phenoxy) is 1.